The second-order valence-corrected chi connectivity index (χ2v) is 6.25. The number of halogens is 3. The van der Waals surface area contributed by atoms with Gasteiger partial charge in [0.25, 0.3) is 0 Å². The van der Waals surface area contributed by atoms with E-state index in [1.54, 1.807) is 11.8 Å². The largest absolute Gasteiger partial charge is 0.330 e. The summed E-state index contributed by atoms with van der Waals surface area (Å²) in [4.78, 5) is 4.26. The predicted octanol–water partition coefficient (Wildman–Crippen LogP) is 4.41. The fraction of sp³-hybridized carbons (Fsp3) is 0.417. The SMILES string of the molecule is CCCC1CN=C(Nc2c(F)cc(Br)cc2F)S1. The first-order valence-electron chi connectivity index (χ1n) is 5.72. The lowest BCUT2D eigenvalue weighted by atomic mass is 10.2. The van der Waals surface area contributed by atoms with Gasteiger partial charge in [0.05, 0.1) is 6.54 Å². The van der Waals surface area contributed by atoms with Crippen molar-refractivity contribution >= 4 is 38.5 Å². The molecule has 0 amide bonds. The zero-order valence-corrected chi connectivity index (χ0v) is 12.2. The van der Waals surface area contributed by atoms with Crippen LogP contribution in [0, 0.1) is 11.6 Å². The summed E-state index contributed by atoms with van der Waals surface area (Å²) in [6.45, 7) is 2.82. The topological polar surface area (TPSA) is 24.4 Å². The molecule has 1 aliphatic heterocycles. The van der Waals surface area contributed by atoms with Gasteiger partial charge in [-0.2, -0.15) is 0 Å². The van der Waals surface area contributed by atoms with Crippen LogP contribution in [-0.2, 0) is 0 Å². The molecular weight excluding hydrogens is 322 g/mol. The minimum atomic E-state index is -0.621. The van der Waals surface area contributed by atoms with Crippen LogP contribution < -0.4 is 5.32 Å². The Balaban J connectivity index is 2.07. The maximum atomic E-state index is 13.6. The van der Waals surface area contributed by atoms with Crippen molar-refractivity contribution in [1.29, 1.82) is 0 Å². The highest BCUT2D eigenvalue weighted by atomic mass is 79.9. The van der Waals surface area contributed by atoms with Crippen molar-refractivity contribution in [2.75, 3.05) is 11.9 Å². The summed E-state index contributed by atoms with van der Waals surface area (Å²) in [5.41, 5.74) is -0.137. The summed E-state index contributed by atoms with van der Waals surface area (Å²) in [6, 6.07) is 2.46. The summed E-state index contributed by atoms with van der Waals surface area (Å²) in [7, 11) is 0. The van der Waals surface area contributed by atoms with Gasteiger partial charge in [-0.25, -0.2) is 8.78 Å². The van der Waals surface area contributed by atoms with Crippen molar-refractivity contribution in [3.8, 4) is 0 Å². The first kappa shape index (κ1) is 13.8. The molecule has 0 bridgehead atoms. The smallest absolute Gasteiger partial charge is 0.161 e. The van der Waals surface area contributed by atoms with Gasteiger partial charge in [0, 0.05) is 9.72 Å². The summed E-state index contributed by atoms with van der Waals surface area (Å²) < 4.78 is 27.6. The van der Waals surface area contributed by atoms with Gasteiger partial charge < -0.3 is 5.32 Å². The highest BCUT2D eigenvalue weighted by molar-refractivity contribution is 9.10. The number of nitrogens with one attached hydrogen (secondary N) is 1. The molecule has 0 saturated carbocycles. The third kappa shape index (κ3) is 3.23. The lowest BCUT2D eigenvalue weighted by Crippen LogP contribution is -2.10. The molecule has 0 aliphatic carbocycles. The molecule has 2 nitrogen and oxygen atoms in total. The van der Waals surface area contributed by atoms with Crippen LogP contribution >= 0.6 is 27.7 Å². The van der Waals surface area contributed by atoms with Gasteiger partial charge in [-0.3, -0.25) is 4.99 Å². The minimum Gasteiger partial charge on any atom is -0.330 e. The molecule has 1 aliphatic rings. The quantitative estimate of drug-likeness (QED) is 0.885. The molecule has 1 N–H and O–H groups in total. The van der Waals surface area contributed by atoms with Gasteiger partial charge in [0.2, 0.25) is 0 Å². The van der Waals surface area contributed by atoms with Crippen LogP contribution in [0.25, 0.3) is 0 Å². The van der Waals surface area contributed by atoms with Gasteiger partial charge in [-0.05, 0) is 18.6 Å². The zero-order chi connectivity index (χ0) is 13.1. The lowest BCUT2D eigenvalue weighted by Gasteiger charge is -2.10. The third-order valence-corrected chi connectivity index (χ3v) is 4.20. The van der Waals surface area contributed by atoms with E-state index in [2.05, 4.69) is 33.2 Å². The molecule has 0 saturated heterocycles. The maximum Gasteiger partial charge on any atom is 0.161 e. The molecule has 6 heteroatoms. The Bertz CT molecular complexity index is 456. The van der Waals surface area contributed by atoms with Gasteiger partial charge >= 0.3 is 0 Å². The highest BCUT2D eigenvalue weighted by Crippen LogP contribution is 2.29. The Morgan fingerprint density at radius 1 is 1.44 bits per heavy atom. The molecule has 1 unspecified atom stereocenters. The second-order valence-electron chi connectivity index (χ2n) is 4.04. The molecular formula is C12H13BrF2N2S. The predicted molar refractivity (Wildman–Crippen MR) is 76.3 cm³/mol. The average Bonchev–Trinajstić information content (AvgIpc) is 2.72. The van der Waals surface area contributed by atoms with Gasteiger partial charge in [0.15, 0.2) is 16.8 Å². The molecule has 0 fully saturated rings. The molecule has 1 aromatic carbocycles. The first-order chi connectivity index (χ1) is 8.60. The fourth-order valence-electron chi connectivity index (χ4n) is 1.73. The van der Waals surface area contributed by atoms with Crippen LogP contribution in [0.15, 0.2) is 21.6 Å². The maximum absolute atomic E-state index is 13.6. The van der Waals surface area contributed by atoms with Gasteiger partial charge in [-0.1, -0.05) is 41.0 Å². The van der Waals surface area contributed by atoms with Crippen molar-refractivity contribution in [2.45, 2.75) is 25.0 Å². The van der Waals surface area contributed by atoms with Crippen LogP contribution in [0.5, 0.6) is 0 Å². The Labute approximate surface area is 117 Å². The monoisotopic (exact) mass is 334 g/mol. The first-order valence-corrected chi connectivity index (χ1v) is 7.40. The molecule has 0 aromatic heterocycles. The molecule has 1 heterocycles. The molecule has 1 aromatic rings. The zero-order valence-electron chi connectivity index (χ0n) is 9.84. The Kier molecular flexibility index (Phi) is 4.61. The van der Waals surface area contributed by atoms with Crippen LogP contribution in [-0.4, -0.2) is 17.0 Å². The number of rotatable bonds is 3. The highest BCUT2D eigenvalue weighted by Gasteiger charge is 2.21. The molecule has 2 rings (SSSR count). The molecule has 1 atom stereocenters. The van der Waals surface area contributed by atoms with Crippen molar-refractivity contribution in [3.63, 3.8) is 0 Å². The number of thioether (sulfide) groups is 1. The standard InChI is InChI=1S/C12H13BrF2N2S/c1-2-3-8-6-16-12(18-8)17-11-9(14)4-7(13)5-10(11)15/h4-5,8H,2-3,6H2,1H3,(H,16,17). The van der Waals surface area contributed by atoms with Gasteiger partial charge in [-0.15, -0.1) is 0 Å². The van der Waals surface area contributed by atoms with E-state index in [0.29, 0.717) is 21.4 Å². The van der Waals surface area contributed by atoms with E-state index in [1.807, 2.05) is 0 Å². The molecule has 18 heavy (non-hydrogen) atoms. The van der Waals surface area contributed by atoms with Gasteiger partial charge in [0.1, 0.15) is 5.69 Å². The number of hydrogen-bond donors (Lipinski definition) is 1. The number of amidine groups is 1. The Hall–Kier alpha value is -0.620. The molecule has 0 spiro atoms. The lowest BCUT2D eigenvalue weighted by molar-refractivity contribution is 0.590. The van der Waals surface area contributed by atoms with Crippen LogP contribution in [0.3, 0.4) is 0 Å². The van der Waals surface area contributed by atoms with Crippen molar-refractivity contribution in [3.05, 3.63) is 28.2 Å². The van der Waals surface area contributed by atoms with Crippen molar-refractivity contribution < 1.29 is 8.78 Å². The van der Waals surface area contributed by atoms with Crippen LogP contribution in [0.4, 0.5) is 14.5 Å². The number of anilines is 1. The summed E-state index contributed by atoms with van der Waals surface area (Å²) in [5, 5.41) is 3.74. The number of hydrogen-bond acceptors (Lipinski definition) is 3. The van der Waals surface area contributed by atoms with E-state index in [1.165, 1.54) is 12.1 Å². The van der Waals surface area contributed by atoms with E-state index in [9.17, 15) is 8.78 Å². The summed E-state index contributed by atoms with van der Waals surface area (Å²) >= 11 is 4.59. The van der Waals surface area contributed by atoms with Crippen LogP contribution in [0.1, 0.15) is 19.8 Å². The molecule has 0 radical (unpaired) electrons. The van der Waals surface area contributed by atoms with Crippen LogP contribution in [0.2, 0.25) is 0 Å². The van der Waals surface area contributed by atoms with Crippen molar-refractivity contribution in [1.82, 2.24) is 0 Å². The molecule has 98 valence electrons. The number of aliphatic imine (C=N–C) groups is 1. The van der Waals surface area contributed by atoms with E-state index < -0.39 is 11.6 Å². The summed E-state index contributed by atoms with van der Waals surface area (Å²) in [6.07, 6.45) is 2.14. The normalized spacial score (nSPS) is 18.9. The van der Waals surface area contributed by atoms with E-state index in [4.69, 9.17) is 0 Å². The Morgan fingerprint density at radius 2 is 2.11 bits per heavy atom. The summed E-state index contributed by atoms with van der Waals surface area (Å²) in [5.74, 6) is -1.24. The van der Waals surface area contributed by atoms with E-state index in [0.717, 1.165) is 12.8 Å². The third-order valence-electron chi connectivity index (χ3n) is 2.57. The Morgan fingerprint density at radius 3 is 2.72 bits per heavy atom. The second kappa shape index (κ2) is 6.02. The minimum absolute atomic E-state index is 0.137. The van der Waals surface area contributed by atoms with E-state index >= 15 is 0 Å². The number of benzene rings is 1. The fourth-order valence-corrected chi connectivity index (χ4v) is 3.26. The van der Waals surface area contributed by atoms with E-state index in [-0.39, 0.29) is 5.69 Å². The number of nitrogens with zero attached hydrogens (tertiary/aromatic N) is 1. The average molecular weight is 335 g/mol. The van der Waals surface area contributed by atoms with Crippen molar-refractivity contribution in [2.24, 2.45) is 4.99 Å².